The van der Waals surface area contributed by atoms with E-state index in [1.165, 1.54) is 10.4 Å². The van der Waals surface area contributed by atoms with E-state index < -0.39 is 0 Å². The lowest BCUT2D eigenvalue weighted by atomic mass is 10.1. The molecule has 5 heteroatoms. The Hall–Kier alpha value is -1.62. The summed E-state index contributed by atoms with van der Waals surface area (Å²) in [7, 11) is 0. The highest BCUT2D eigenvalue weighted by molar-refractivity contribution is 7.10. The number of nitrogens with zero attached hydrogens (tertiary/aromatic N) is 3. The Bertz CT molecular complexity index is 491. The smallest absolute Gasteiger partial charge is 0.147 e. The molecule has 4 nitrogen and oxygen atoms in total. The van der Waals surface area contributed by atoms with Crippen LogP contribution in [0.4, 0.5) is 11.6 Å². The van der Waals surface area contributed by atoms with Crippen molar-refractivity contribution in [2.75, 3.05) is 17.2 Å². The molecule has 0 radical (unpaired) electrons. The first-order valence-electron chi connectivity index (χ1n) is 5.20. The first-order chi connectivity index (χ1) is 7.83. The van der Waals surface area contributed by atoms with Gasteiger partial charge in [0.15, 0.2) is 0 Å². The van der Waals surface area contributed by atoms with Crippen molar-refractivity contribution in [2.24, 2.45) is 0 Å². The van der Waals surface area contributed by atoms with Gasteiger partial charge in [-0.3, -0.25) is 0 Å². The van der Waals surface area contributed by atoms with Crippen molar-refractivity contribution in [3.63, 3.8) is 0 Å². The van der Waals surface area contributed by atoms with Crippen LogP contribution in [0.15, 0.2) is 23.8 Å². The van der Waals surface area contributed by atoms with Gasteiger partial charge in [0.1, 0.15) is 11.6 Å². The van der Waals surface area contributed by atoms with E-state index in [1.54, 1.807) is 12.4 Å². The summed E-state index contributed by atoms with van der Waals surface area (Å²) in [5.41, 5.74) is 6.94. The first kappa shape index (κ1) is 9.59. The fraction of sp³-hybridized carbons (Fsp3) is 0.273. The van der Waals surface area contributed by atoms with Gasteiger partial charge in [0.25, 0.3) is 0 Å². The molecule has 0 amide bonds. The summed E-state index contributed by atoms with van der Waals surface area (Å²) in [6, 6.07) is 2.19. The predicted octanol–water partition coefficient (Wildman–Crippen LogP) is 1.68. The van der Waals surface area contributed by atoms with Gasteiger partial charge in [-0.1, -0.05) is 0 Å². The van der Waals surface area contributed by atoms with E-state index in [-0.39, 0.29) is 0 Å². The minimum Gasteiger partial charge on any atom is -0.382 e. The monoisotopic (exact) mass is 232 g/mol. The number of hydrogen-bond acceptors (Lipinski definition) is 5. The maximum absolute atomic E-state index is 5.53. The standard InChI is InChI=1S/C11H12N4S/c12-10-5-14-11(6-13-10)15-3-1-9-8(7-15)2-4-16-9/h2,4-6H,1,3,7H2,(H2,12,13). The Morgan fingerprint density at radius 1 is 1.31 bits per heavy atom. The van der Waals surface area contributed by atoms with Gasteiger partial charge in [-0.2, -0.15) is 0 Å². The quantitative estimate of drug-likeness (QED) is 0.812. The number of anilines is 2. The van der Waals surface area contributed by atoms with Crippen molar-refractivity contribution < 1.29 is 0 Å². The molecular weight excluding hydrogens is 220 g/mol. The molecule has 0 aromatic carbocycles. The van der Waals surface area contributed by atoms with Crippen molar-refractivity contribution in [2.45, 2.75) is 13.0 Å². The second-order valence-corrected chi connectivity index (χ2v) is 4.84. The van der Waals surface area contributed by atoms with E-state index in [4.69, 9.17) is 5.73 Å². The van der Waals surface area contributed by atoms with Gasteiger partial charge >= 0.3 is 0 Å². The number of nitrogens with two attached hydrogens (primary N) is 1. The lowest BCUT2D eigenvalue weighted by molar-refractivity contribution is 0.730. The Labute approximate surface area is 97.8 Å². The van der Waals surface area contributed by atoms with E-state index in [2.05, 4.69) is 26.3 Å². The van der Waals surface area contributed by atoms with Gasteiger partial charge in [0.2, 0.25) is 0 Å². The summed E-state index contributed by atoms with van der Waals surface area (Å²) in [5, 5.41) is 2.16. The third-order valence-electron chi connectivity index (χ3n) is 2.79. The van der Waals surface area contributed by atoms with Gasteiger partial charge in [-0.05, 0) is 23.4 Å². The molecule has 1 aliphatic rings. The fourth-order valence-electron chi connectivity index (χ4n) is 1.94. The molecule has 0 spiro atoms. The zero-order chi connectivity index (χ0) is 11.0. The normalized spacial score (nSPS) is 14.9. The zero-order valence-electron chi connectivity index (χ0n) is 8.76. The average Bonchev–Trinajstić information content (AvgIpc) is 2.77. The molecule has 2 aromatic heterocycles. The van der Waals surface area contributed by atoms with Crippen LogP contribution in [0.25, 0.3) is 0 Å². The second-order valence-electron chi connectivity index (χ2n) is 3.84. The van der Waals surface area contributed by atoms with Crippen LogP contribution in [0.5, 0.6) is 0 Å². The highest BCUT2D eigenvalue weighted by Crippen LogP contribution is 2.26. The highest BCUT2D eigenvalue weighted by Gasteiger charge is 2.18. The Balaban J connectivity index is 1.86. The summed E-state index contributed by atoms with van der Waals surface area (Å²) in [4.78, 5) is 12.1. The number of thiophene rings is 1. The molecular formula is C11H12N4S. The molecule has 0 bridgehead atoms. The zero-order valence-corrected chi connectivity index (χ0v) is 9.57. The minimum atomic E-state index is 0.469. The molecule has 1 aliphatic heterocycles. The number of aromatic nitrogens is 2. The maximum atomic E-state index is 5.53. The molecule has 0 fully saturated rings. The van der Waals surface area contributed by atoms with Crippen molar-refractivity contribution >= 4 is 23.0 Å². The molecule has 0 saturated heterocycles. The second kappa shape index (κ2) is 3.75. The molecule has 2 N–H and O–H groups in total. The van der Waals surface area contributed by atoms with Crippen molar-refractivity contribution in [1.82, 2.24) is 9.97 Å². The van der Waals surface area contributed by atoms with E-state index in [9.17, 15) is 0 Å². The molecule has 2 aromatic rings. The van der Waals surface area contributed by atoms with E-state index >= 15 is 0 Å². The van der Waals surface area contributed by atoms with Gasteiger partial charge in [0.05, 0.1) is 12.4 Å². The summed E-state index contributed by atoms with van der Waals surface area (Å²) in [6.45, 7) is 1.93. The van der Waals surface area contributed by atoms with Crippen molar-refractivity contribution in [3.8, 4) is 0 Å². The molecule has 0 atom stereocenters. The van der Waals surface area contributed by atoms with Gasteiger partial charge in [-0.25, -0.2) is 9.97 Å². The lowest BCUT2D eigenvalue weighted by Gasteiger charge is -2.27. The molecule has 0 unspecified atom stereocenters. The Morgan fingerprint density at radius 3 is 3.06 bits per heavy atom. The van der Waals surface area contributed by atoms with Crippen LogP contribution in [0, 0.1) is 0 Å². The number of hydrogen-bond donors (Lipinski definition) is 1. The summed E-state index contributed by atoms with van der Waals surface area (Å²) in [6.07, 6.45) is 4.45. The third-order valence-corrected chi connectivity index (χ3v) is 3.81. The first-order valence-corrected chi connectivity index (χ1v) is 6.08. The lowest BCUT2D eigenvalue weighted by Crippen LogP contribution is -2.30. The van der Waals surface area contributed by atoms with Crippen molar-refractivity contribution in [1.29, 1.82) is 0 Å². The summed E-state index contributed by atoms with van der Waals surface area (Å²) >= 11 is 1.84. The van der Waals surface area contributed by atoms with Gasteiger partial charge < -0.3 is 10.6 Å². The fourth-order valence-corrected chi connectivity index (χ4v) is 2.83. The number of fused-ring (bicyclic) bond motifs is 1. The maximum Gasteiger partial charge on any atom is 0.147 e. The Kier molecular flexibility index (Phi) is 2.25. The van der Waals surface area contributed by atoms with Crippen LogP contribution < -0.4 is 10.6 Å². The van der Waals surface area contributed by atoms with Crippen LogP contribution >= 0.6 is 11.3 Å². The number of rotatable bonds is 1. The van der Waals surface area contributed by atoms with Crippen LogP contribution in [-0.2, 0) is 13.0 Å². The van der Waals surface area contributed by atoms with E-state index in [0.29, 0.717) is 5.82 Å². The van der Waals surface area contributed by atoms with Gasteiger partial charge in [-0.15, -0.1) is 11.3 Å². The molecule has 0 aliphatic carbocycles. The van der Waals surface area contributed by atoms with Crippen LogP contribution in [0.2, 0.25) is 0 Å². The number of nitrogen functional groups attached to an aromatic ring is 1. The van der Waals surface area contributed by atoms with Crippen LogP contribution in [0.3, 0.4) is 0 Å². The van der Waals surface area contributed by atoms with E-state index in [0.717, 1.165) is 25.3 Å². The topological polar surface area (TPSA) is 55.0 Å². The van der Waals surface area contributed by atoms with Crippen LogP contribution in [0.1, 0.15) is 10.4 Å². The SMILES string of the molecule is Nc1cnc(N2CCc3sccc3C2)cn1. The summed E-state index contributed by atoms with van der Waals surface area (Å²) < 4.78 is 0. The Morgan fingerprint density at radius 2 is 2.25 bits per heavy atom. The average molecular weight is 232 g/mol. The summed E-state index contributed by atoms with van der Waals surface area (Å²) in [5.74, 6) is 1.38. The predicted molar refractivity (Wildman–Crippen MR) is 65.5 cm³/mol. The molecule has 82 valence electrons. The molecule has 16 heavy (non-hydrogen) atoms. The van der Waals surface area contributed by atoms with Crippen molar-refractivity contribution in [3.05, 3.63) is 34.3 Å². The largest absolute Gasteiger partial charge is 0.382 e. The van der Waals surface area contributed by atoms with E-state index in [1.807, 2.05) is 11.3 Å². The van der Waals surface area contributed by atoms with Gasteiger partial charge in [0, 0.05) is 18.0 Å². The van der Waals surface area contributed by atoms with Crippen LogP contribution in [-0.4, -0.2) is 16.5 Å². The minimum absolute atomic E-state index is 0.469. The third kappa shape index (κ3) is 1.63. The molecule has 3 heterocycles. The molecule has 0 saturated carbocycles. The highest BCUT2D eigenvalue weighted by atomic mass is 32.1. The molecule has 3 rings (SSSR count).